The number of carboxylic acid groups (broad SMARTS) is 1. The van der Waals surface area contributed by atoms with Crippen LogP contribution in [0.3, 0.4) is 0 Å². The number of carboxylic acids is 1. The second kappa shape index (κ2) is 6.31. The van der Waals surface area contributed by atoms with Crippen molar-refractivity contribution in [3.8, 4) is 0 Å². The van der Waals surface area contributed by atoms with E-state index in [-0.39, 0.29) is 6.54 Å². The Morgan fingerprint density at radius 2 is 1.82 bits per heavy atom. The van der Waals surface area contributed by atoms with Crippen LogP contribution in [0.25, 0.3) is 0 Å². The molecule has 0 saturated heterocycles. The zero-order chi connectivity index (χ0) is 13.7. The van der Waals surface area contributed by atoms with Gasteiger partial charge in [0.15, 0.2) is 14.9 Å². The van der Waals surface area contributed by atoms with E-state index in [9.17, 15) is 21.6 Å². The Balaban J connectivity index is 4.49. The summed E-state index contributed by atoms with van der Waals surface area (Å²) in [7, 11) is -7.65. The maximum atomic E-state index is 11.3. The third-order valence-electron chi connectivity index (χ3n) is 1.91. The Morgan fingerprint density at radius 3 is 2.18 bits per heavy atom. The number of hydrogen-bond donors (Lipinski definition) is 2. The largest absolute Gasteiger partial charge is 0.481 e. The van der Waals surface area contributed by atoms with Crippen LogP contribution in [0.4, 0.5) is 0 Å². The number of carbonyl (C=O) groups is 1. The minimum absolute atomic E-state index is 0.291. The monoisotopic (exact) mass is 287 g/mol. The molecule has 0 aliphatic carbocycles. The second-order valence-corrected chi connectivity index (χ2v) is 8.14. The second-order valence-electron chi connectivity index (χ2n) is 3.83. The van der Waals surface area contributed by atoms with Crippen LogP contribution in [0.5, 0.6) is 0 Å². The van der Waals surface area contributed by atoms with Gasteiger partial charge in [0, 0.05) is 12.8 Å². The van der Waals surface area contributed by atoms with Crippen LogP contribution >= 0.6 is 0 Å². The lowest BCUT2D eigenvalue weighted by Crippen LogP contribution is -2.36. The van der Waals surface area contributed by atoms with Crippen molar-refractivity contribution >= 4 is 25.8 Å². The molecule has 7 nitrogen and oxygen atoms in total. The Hall–Kier alpha value is -0.670. The molecule has 0 aliphatic rings. The molecule has 0 rings (SSSR count). The molecule has 17 heavy (non-hydrogen) atoms. The summed E-state index contributed by atoms with van der Waals surface area (Å²) < 4.78 is 46.2. The van der Waals surface area contributed by atoms with Gasteiger partial charge in [-0.3, -0.25) is 4.79 Å². The summed E-state index contributed by atoms with van der Waals surface area (Å²) in [6.45, 7) is 1.49. The van der Waals surface area contributed by atoms with E-state index in [2.05, 4.69) is 0 Å². The van der Waals surface area contributed by atoms with E-state index >= 15 is 0 Å². The van der Waals surface area contributed by atoms with E-state index in [1.54, 1.807) is 6.92 Å². The first-order chi connectivity index (χ1) is 7.57. The van der Waals surface area contributed by atoms with Crippen LogP contribution in [0.15, 0.2) is 0 Å². The van der Waals surface area contributed by atoms with E-state index in [1.165, 1.54) is 0 Å². The van der Waals surface area contributed by atoms with Gasteiger partial charge >= 0.3 is 5.97 Å². The van der Waals surface area contributed by atoms with Crippen LogP contribution in [0, 0.1) is 5.92 Å². The van der Waals surface area contributed by atoms with E-state index in [4.69, 9.17) is 5.11 Å². The molecule has 1 unspecified atom stereocenters. The molecule has 0 saturated carbocycles. The normalized spacial score (nSPS) is 14.5. The molecule has 0 heterocycles. The molecule has 0 aromatic rings. The van der Waals surface area contributed by atoms with Crippen molar-refractivity contribution in [2.24, 2.45) is 5.92 Å². The van der Waals surface area contributed by atoms with Crippen molar-refractivity contribution < 1.29 is 26.7 Å². The Kier molecular flexibility index (Phi) is 6.06. The predicted molar refractivity (Wildman–Crippen MR) is 62.7 cm³/mol. The van der Waals surface area contributed by atoms with Crippen LogP contribution in [0.1, 0.15) is 19.8 Å². The fourth-order valence-electron chi connectivity index (χ4n) is 1.21. The highest BCUT2D eigenvalue weighted by atomic mass is 32.3. The Labute approximate surface area is 101 Å². The molecule has 2 N–H and O–H groups in total. The third kappa shape index (κ3) is 8.11. The summed E-state index contributed by atoms with van der Waals surface area (Å²) in [5.41, 5.74) is 0. The van der Waals surface area contributed by atoms with Crippen molar-refractivity contribution in [2.75, 3.05) is 17.9 Å². The quantitative estimate of drug-likeness (QED) is 0.616. The highest BCUT2D eigenvalue weighted by Crippen LogP contribution is 2.06. The summed E-state index contributed by atoms with van der Waals surface area (Å²) in [6.07, 6.45) is 1.73. The average molecular weight is 287 g/mol. The van der Waals surface area contributed by atoms with Crippen LogP contribution in [-0.2, 0) is 24.7 Å². The van der Waals surface area contributed by atoms with Crippen LogP contribution in [-0.4, -0.2) is 45.8 Å². The van der Waals surface area contributed by atoms with Gasteiger partial charge in [-0.25, -0.2) is 21.6 Å². The molecule has 0 radical (unpaired) electrons. The Bertz CT molecular complexity index is 452. The summed E-state index contributed by atoms with van der Waals surface area (Å²) >= 11 is 0. The van der Waals surface area contributed by atoms with Crippen LogP contribution in [0.2, 0.25) is 0 Å². The number of aliphatic carboxylic acids is 1. The average Bonchev–Trinajstić information content (AvgIpc) is 2.07. The van der Waals surface area contributed by atoms with Gasteiger partial charge in [0.25, 0.3) is 0 Å². The van der Waals surface area contributed by atoms with Crippen molar-refractivity contribution in [1.29, 1.82) is 0 Å². The first-order valence-electron chi connectivity index (χ1n) is 4.95. The molecule has 9 heteroatoms. The van der Waals surface area contributed by atoms with Crippen molar-refractivity contribution in [3.63, 3.8) is 0 Å². The highest BCUT2D eigenvalue weighted by molar-refractivity contribution is 8.06. The summed E-state index contributed by atoms with van der Waals surface area (Å²) in [5.74, 6) is -1.94. The van der Waals surface area contributed by atoms with Gasteiger partial charge in [0.1, 0.15) is 0 Å². The summed E-state index contributed by atoms with van der Waals surface area (Å²) in [4.78, 5) is 10.7. The summed E-state index contributed by atoms with van der Waals surface area (Å²) in [5, 5.41) is 7.75. The molecular formula is C8H17NO6S2. The van der Waals surface area contributed by atoms with Crippen molar-refractivity contribution in [2.45, 2.75) is 19.8 Å². The number of sulfone groups is 1. The third-order valence-corrected chi connectivity index (χ3v) is 5.47. The molecule has 0 aromatic heterocycles. The molecular weight excluding hydrogens is 270 g/mol. The van der Waals surface area contributed by atoms with Crippen LogP contribution < -0.4 is 4.72 Å². The predicted octanol–water partition coefficient (Wildman–Crippen LogP) is -0.591. The van der Waals surface area contributed by atoms with Gasteiger partial charge in [-0.2, -0.15) is 0 Å². The summed E-state index contributed by atoms with van der Waals surface area (Å²) in [6, 6.07) is 0. The number of rotatable bonds is 8. The molecule has 0 aromatic carbocycles. The molecule has 0 bridgehead atoms. The van der Waals surface area contributed by atoms with Gasteiger partial charge < -0.3 is 5.11 Å². The lowest BCUT2D eigenvalue weighted by molar-refractivity contribution is -0.141. The number of sulfonamides is 1. The highest BCUT2D eigenvalue weighted by Gasteiger charge is 2.22. The number of hydrogen-bond acceptors (Lipinski definition) is 5. The lowest BCUT2D eigenvalue weighted by atomic mass is 10.1. The zero-order valence-electron chi connectivity index (χ0n) is 9.71. The molecule has 102 valence electrons. The van der Waals surface area contributed by atoms with Gasteiger partial charge in [-0.1, -0.05) is 13.3 Å². The van der Waals surface area contributed by atoms with E-state index in [0.29, 0.717) is 12.8 Å². The van der Waals surface area contributed by atoms with Gasteiger partial charge in [0.05, 0.1) is 5.92 Å². The molecule has 0 amide bonds. The first kappa shape index (κ1) is 16.3. The minimum atomic E-state index is -3.99. The lowest BCUT2D eigenvalue weighted by Gasteiger charge is -2.12. The minimum Gasteiger partial charge on any atom is -0.481 e. The van der Waals surface area contributed by atoms with Crippen molar-refractivity contribution in [3.05, 3.63) is 0 Å². The van der Waals surface area contributed by atoms with E-state index in [0.717, 1.165) is 6.26 Å². The molecule has 0 fully saturated rings. The zero-order valence-corrected chi connectivity index (χ0v) is 11.3. The standard InChI is InChI=1S/C8H17NO6S2/c1-3-4-7(8(10)11)5-9-17(14,15)6-16(2,12)13/h7,9H,3-6H2,1-2H3,(H,10,11). The van der Waals surface area contributed by atoms with E-state index < -0.39 is 36.8 Å². The molecule has 0 spiro atoms. The number of nitrogens with one attached hydrogen (secondary N) is 1. The fraction of sp³-hybridized carbons (Fsp3) is 0.875. The maximum Gasteiger partial charge on any atom is 0.307 e. The maximum absolute atomic E-state index is 11.3. The first-order valence-corrected chi connectivity index (χ1v) is 8.66. The SMILES string of the molecule is CCCC(CNS(=O)(=O)CS(C)(=O)=O)C(=O)O. The van der Waals surface area contributed by atoms with E-state index in [1.807, 2.05) is 4.72 Å². The molecule has 0 aliphatic heterocycles. The smallest absolute Gasteiger partial charge is 0.307 e. The fourth-order valence-corrected chi connectivity index (χ4v) is 4.26. The molecule has 1 atom stereocenters. The van der Waals surface area contributed by atoms with Gasteiger partial charge in [0.2, 0.25) is 10.0 Å². The van der Waals surface area contributed by atoms with Crippen molar-refractivity contribution in [1.82, 2.24) is 4.72 Å². The topological polar surface area (TPSA) is 118 Å². The van der Waals surface area contributed by atoms with Gasteiger partial charge in [-0.15, -0.1) is 0 Å². The van der Waals surface area contributed by atoms with Gasteiger partial charge in [-0.05, 0) is 6.42 Å². The Morgan fingerprint density at radius 1 is 1.29 bits per heavy atom.